The first-order valence-corrected chi connectivity index (χ1v) is 9.43. The van der Waals surface area contributed by atoms with Crippen molar-refractivity contribution in [2.24, 2.45) is 5.92 Å². The third-order valence-corrected chi connectivity index (χ3v) is 5.92. The number of nitrogens with one attached hydrogen (secondary N) is 1. The van der Waals surface area contributed by atoms with Gasteiger partial charge in [0.2, 0.25) is 10.0 Å². The molecule has 4 nitrogen and oxygen atoms in total. The standard InChI is InChI=1S/C14H24N2O2S2/c1-9(8-19-5)7-16-20(17,18)14-11(3)6-10(2)13(15)12(14)4/h6,9,16H,7-8,15H2,1-5H3. The van der Waals surface area contributed by atoms with Gasteiger partial charge in [-0.15, -0.1) is 0 Å². The molecule has 3 N–H and O–H groups in total. The van der Waals surface area contributed by atoms with Crippen molar-refractivity contribution in [3.05, 3.63) is 22.8 Å². The third-order valence-electron chi connectivity index (χ3n) is 3.30. The zero-order chi connectivity index (χ0) is 15.5. The fraction of sp³-hybridized carbons (Fsp3) is 0.571. The lowest BCUT2D eigenvalue weighted by atomic mass is 10.1. The Morgan fingerprint density at radius 3 is 2.45 bits per heavy atom. The normalized spacial score (nSPS) is 13.4. The molecule has 0 amide bonds. The van der Waals surface area contributed by atoms with Crippen LogP contribution in [-0.4, -0.2) is 27.0 Å². The number of sulfonamides is 1. The van der Waals surface area contributed by atoms with Crippen molar-refractivity contribution in [2.45, 2.75) is 32.6 Å². The summed E-state index contributed by atoms with van der Waals surface area (Å²) in [4.78, 5) is 0.317. The summed E-state index contributed by atoms with van der Waals surface area (Å²) in [6.07, 6.45) is 2.01. The first kappa shape index (κ1) is 17.3. The van der Waals surface area contributed by atoms with Crippen LogP contribution in [0.25, 0.3) is 0 Å². The van der Waals surface area contributed by atoms with Crippen molar-refractivity contribution in [1.82, 2.24) is 4.72 Å². The minimum absolute atomic E-state index is 0.295. The molecule has 0 radical (unpaired) electrons. The van der Waals surface area contributed by atoms with Crippen molar-refractivity contribution in [3.8, 4) is 0 Å². The number of anilines is 1. The van der Waals surface area contributed by atoms with Gasteiger partial charge >= 0.3 is 0 Å². The number of aryl methyl sites for hydroxylation is 2. The van der Waals surface area contributed by atoms with E-state index in [4.69, 9.17) is 5.73 Å². The van der Waals surface area contributed by atoms with E-state index >= 15 is 0 Å². The van der Waals surface area contributed by atoms with E-state index in [-0.39, 0.29) is 0 Å². The summed E-state index contributed by atoms with van der Waals surface area (Å²) < 4.78 is 27.6. The van der Waals surface area contributed by atoms with E-state index in [1.54, 1.807) is 25.6 Å². The van der Waals surface area contributed by atoms with Gasteiger partial charge in [-0.3, -0.25) is 0 Å². The molecule has 1 rings (SSSR count). The molecule has 0 spiro atoms. The Morgan fingerprint density at radius 2 is 1.90 bits per heavy atom. The Morgan fingerprint density at radius 1 is 1.30 bits per heavy atom. The van der Waals surface area contributed by atoms with Gasteiger partial charge in [-0.2, -0.15) is 11.8 Å². The summed E-state index contributed by atoms with van der Waals surface area (Å²) in [7, 11) is -3.51. The molecule has 0 saturated carbocycles. The van der Waals surface area contributed by atoms with Crippen LogP contribution in [0.3, 0.4) is 0 Å². The highest BCUT2D eigenvalue weighted by Crippen LogP contribution is 2.27. The average Bonchev–Trinajstić information content (AvgIpc) is 2.34. The number of benzene rings is 1. The lowest BCUT2D eigenvalue weighted by molar-refractivity contribution is 0.561. The smallest absolute Gasteiger partial charge is 0.241 e. The van der Waals surface area contributed by atoms with E-state index in [9.17, 15) is 8.42 Å². The molecule has 20 heavy (non-hydrogen) atoms. The fourth-order valence-corrected chi connectivity index (χ4v) is 4.59. The van der Waals surface area contributed by atoms with Crippen LogP contribution < -0.4 is 10.5 Å². The van der Waals surface area contributed by atoms with Gasteiger partial charge in [0.15, 0.2) is 0 Å². The second-order valence-electron chi connectivity index (χ2n) is 5.29. The van der Waals surface area contributed by atoms with E-state index in [2.05, 4.69) is 4.72 Å². The molecule has 0 aliphatic heterocycles. The van der Waals surface area contributed by atoms with Crippen molar-refractivity contribution >= 4 is 27.5 Å². The number of thioether (sulfide) groups is 1. The molecule has 1 unspecified atom stereocenters. The van der Waals surface area contributed by atoms with Crippen LogP contribution in [0.1, 0.15) is 23.6 Å². The minimum atomic E-state index is -3.51. The van der Waals surface area contributed by atoms with Crippen LogP contribution in [0.2, 0.25) is 0 Å². The van der Waals surface area contributed by atoms with Crippen LogP contribution in [0, 0.1) is 26.7 Å². The molecular formula is C14H24N2O2S2. The van der Waals surface area contributed by atoms with Crippen molar-refractivity contribution in [3.63, 3.8) is 0 Å². The molecule has 0 aliphatic carbocycles. The largest absolute Gasteiger partial charge is 0.398 e. The second-order valence-corrected chi connectivity index (χ2v) is 7.91. The molecule has 0 aromatic heterocycles. The fourth-order valence-electron chi connectivity index (χ4n) is 2.26. The van der Waals surface area contributed by atoms with Crippen molar-refractivity contribution in [1.29, 1.82) is 0 Å². The zero-order valence-electron chi connectivity index (χ0n) is 12.8. The number of nitrogens with two attached hydrogens (primary N) is 1. The maximum atomic E-state index is 12.5. The molecule has 0 bridgehead atoms. The summed E-state index contributed by atoms with van der Waals surface area (Å²) in [5, 5.41) is 0. The highest BCUT2D eigenvalue weighted by molar-refractivity contribution is 7.98. The topological polar surface area (TPSA) is 72.2 Å². The van der Waals surface area contributed by atoms with Gasteiger partial charge in [-0.1, -0.05) is 13.0 Å². The van der Waals surface area contributed by atoms with Crippen molar-refractivity contribution < 1.29 is 8.42 Å². The predicted octanol–water partition coefficient (Wildman–Crippen LogP) is 2.47. The maximum Gasteiger partial charge on any atom is 0.241 e. The van der Waals surface area contributed by atoms with E-state index in [0.717, 1.165) is 16.9 Å². The Bertz CT molecular complexity index is 583. The predicted molar refractivity (Wildman–Crippen MR) is 87.8 cm³/mol. The van der Waals surface area contributed by atoms with E-state index in [1.807, 2.05) is 26.2 Å². The molecule has 1 atom stereocenters. The molecule has 114 valence electrons. The summed E-state index contributed by atoms with van der Waals surface area (Å²) in [5.74, 6) is 1.22. The molecular weight excluding hydrogens is 292 g/mol. The Kier molecular flexibility index (Phi) is 5.91. The van der Waals surface area contributed by atoms with Gasteiger partial charge in [-0.05, 0) is 55.4 Å². The minimum Gasteiger partial charge on any atom is -0.398 e. The van der Waals surface area contributed by atoms with Crippen LogP contribution >= 0.6 is 11.8 Å². The molecule has 0 saturated heterocycles. The molecule has 1 aromatic rings. The first-order chi connectivity index (χ1) is 9.20. The number of rotatable bonds is 6. The molecule has 0 fully saturated rings. The van der Waals surface area contributed by atoms with Crippen molar-refractivity contribution in [2.75, 3.05) is 24.3 Å². The van der Waals surface area contributed by atoms with E-state index < -0.39 is 10.0 Å². The number of hydrogen-bond donors (Lipinski definition) is 2. The molecule has 0 heterocycles. The van der Waals surface area contributed by atoms with Gasteiger partial charge in [0.25, 0.3) is 0 Å². The summed E-state index contributed by atoms with van der Waals surface area (Å²) in [6, 6.07) is 1.82. The second kappa shape index (κ2) is 6.83. The number of nitrogen functional groups attached to an aromatic ring is 1. The Hall–Kier alpha value is -0.720. The Labute approximate surface area is 126 Å². The number of hydrogen-bond acceptors (Lipinski definition) is 4. The maximum absolute atomic E-state index is 12.5. The van der Waals surface area contributed by atoms with Crippen LogP contribution in [0.15, 0.2) is 11.0 Å². The quantitative estimate of drug-likeness (QED) is 0.791. The van der Waals surface area contributed by atoms with Gasteiger partial charge in [-0.25, -0.2) is 13.1 Å². The van der Waals surface area contributed by atoms with E-state index in [1.165, 1.54) is 0 Å². The monoisotopic (exact) mass is 316 g/mol. The summed E-state index contributed by atoms with van der Waals surface area (Å²) in [6.45, 7) is 7.92. The molecule has 1 aromatic carbocycles. The first-order valence-electron chi connectivity index (χ1n) is 6.55. The van der Waals surface area contributed by atoms with Gasteiger partial charge in [0, 0.05) is 12.2 Å². The van der Waals surface area contributed by atoms with E-state index in [0.29, 0.717) is 28.6 Å². The third kappa shape index (κ3) is 3.90. The van der Waals surface area contributed by atoms with Gasteiger partial charge in [0.05, 0.1) is 4.90 Å². The average molecular weight is 316 g/mol. The highest BCUT2D eigenvalue weighted by Gasteiger charge is 2.22. The Balaban J connectivity index is 3.08. The SMILES string of the molecule is CSCC(C)CNS(=O)(=O)c1c(C)cc(C)c(N)c1C. The van der Waals surface area contributed by atoms with Gasteiger partial charge < -0.3 is 5.73 Å². The summed E-state index contributed by atoms with van der Waals surface area (Å²) in [5.41, 5.74) is 8.78. The summed E-state index contributed by atoms with van der Waals surface area (Å²) >= 11 is 1.71. The van der Waals surface area contributed by atoms with Crippen LogP contribution in [0.5, 0.6) is 0 Å². The van der Waals surface area contributed by atoms with Crippen LogP contribution in [0.4, 0.5) is 5.69 Å². The highest BCUT2D eigenvalue weighted by atomic mass is 32.2. The molecule has 6 heteroatoms. The zero-order valence-corrected chi connectivity index (χ0v) is 14.4. The lowest BCUT2D eigenvalue weighted by Gasteiger charge is -2.17. The van der Waals surface area contributed by atoms with Crippen LogP contribution in [-0.2, 0) is 10.0 Å². The van der Waals surface area contributed by atoms with Gasteiger partial charge in [0.1, 0.15) is 0 Å². The molecule has 0 aliphatic rings. The lowest BCUT2D eigenvalue weighted by Crippen LogP contribution is -2.30.